The molecule has 0 atom stereocenters. The van der Waals surface area contributed by atoms with E-state index in [9.17, 15) is 14.4 Å². The third kappa shape index (κ3) is 5.79. The number of amides is 3. The highest BCUT2D eigenvalue weighted by molar-refractivity contribution is 8.18. The van der Waals surface area contributed by atoms with Crippen molar-refractivity contribution in [2.75, 3.05) is 34.4 Å². The van der Waals surface area contributed by atoms with Crippen LogP contribution >= 0.6 is 11.8 Å². The molecular formula is C25H26N2O6S. The fraction of sp³-hybridized carbons (Fsp3) is 0.240. The van der Waals surface area contributed by atoms with E-state index in [0.717, 1.165) is 27.8 Å². The molecule has 1 N–H and O–H groups in total. The van der Waals surface area contributed by atoms with Crippen LogP contribution in [0.2, 0.25) is 0 Å². The van der Waals surface area contributed by atoms with E-state index >= 15 is 0 Å². The number of methoxy groups -OCH3 is 3. The lowest BCUT2D eigenvalue weighted by molar-refractivity contribution is -0.123. The highest BCUT2D eigenvalue weighted by atomic mass is 32.2. The number of nitrogens with one attached hydrogen (secondary N) is 1. The Morgan fingerprint density at radius 2 is 1.74 bits per heavy atom. The lowest BCUT2D eigenvalue weighted by Gasteiger charge is -2.13. The van der Waals surface area contributed by atoms with Gasteiger partial charge in [-0.3, -0.25) is 19.3 Å². The topological polar surface area (TPSA) is 94.2 Å². The monoisotopic (exact) mass is 482 g/mol. The standard InChI is InChI=1S/C25H26N2O6S/c1-16-7-5-6-8-18(16)9-10-22(28)26-11-12-27-24(29)21(34-25(27)30)15-17-13-19(31-2)23(33-4)20(14-17)32-3/h5-10,13-15H,11-12H2,1-4H3,(H,26,28)/b10-9+,21-15-. The predicted octanol–water partition coefficient (Wildman–Crippen LogP) is 3.89. The molecule has 34 heavy (non-hydrogen) atoms. The molecule has 1 aliphatic rings. The summed E-state index contributed by atoms with van der Waals surface area (Å²) in [6.07, 6.45) is 4.75. The van der Waals surface area contributed by atoms with Gasteiger partial charge in [-0.1, -0.05) is 24.3 Å². The molecule has 9 heteroatoms. The van der Waals surface area contributed by atoms with Crippen molar-refractivity contribution in [2.24, 2.45) is 0 Å². The van der Waals surface area contributed by atoms with Crippen LogP contribution in [0.1, 0.15) is 16.7 Å². The lowest BCUT2D eigenvalue weighted by atomic mass is 10.1. The van der Waals surface area contributed by atoms with E-state index in [1.165, 1.54) is 27.4 Å². The van der Waals surface area contributed by atoms with Crippen molar-refractivity contribution < 1.29 is 28.6 Å². The summed E-state index contributed by atoms with van der Waals surface area (Å²) in [5.74, 6) is 0.585. The molecule has 2 aromatic rings. The average Bonchev–Trinajstić information content (AvgIpc) is 3.10. The van der Waals surface area contributed by atoms with Crippen LogP contribution in [0.5, 0.6) is 17.2 Å². The third-order valence-electron chi connectivity index (χ3n) is 5.10. The average molecular weight is 483 g/mol. The van der Waals surface area contributed by atoms with Crippen molar-refractivity contribution in [3.05, 3.63) is 64.1 Å². The van der Waals surface area contributed by atoms with Gasteiger partial charge >= 0.3 is 0 Å². The summed E-state index contributed by atoms with van der Waals surface area (Å²) < 4.78 is 16.0. The first-order chi connectivity index (χ1) is 16.4. The summed E-state index contributed by atoms with van der Waals surface area (Å²) in [4.78, 5) is 38.7. The number of thioether (sulfide) groups is 1. The molecule has 0 spiro atoms. The van der Waals surface area contributed by atoms with Crippen LogP contribution < -0.4 is 19.5 Å². The summed E-state index contributed by atoms with van der Waals surface area (Å²) in [6.45, 7) is 2.18. The van der Waals surface area contributed by atoms with Crippen LogP contribution in [-0.2, 0) is 9.59 Å². The van der Waals surface area contributed by atoms with Gasteiger partial charge in [-0.15, -0.1) is 0 Å². The van der Waals surface area contributed by atoms with E-state index in [4.69, 9.17) is 14.2 Å². The van der Waals surface area contributed by atoms with Crippen LogP contribution in [0.25, 0.3) is 12.2 Å². The first-order valence-electron chi connectivity index (χ1n) is 10.4. The minimum Gasteiger partial charge on any atom is -0.493 e. The molecule has 0 radical (unpaired) electrons. The van der Waals surface area contributed by atoms with Crippen molar-refractivity contribution in [1.82, 2.24) is 10.2 Å². The second kappa shape index (κ2) is 11.4. The molecule has 0 aliphatic carbocycles. The second-order valence-electron chi connectivity index (χ2n) is 7.27. The third-order valence-corrected chi connectivity index (χ3v) is 6.00. The number of hydrogen-bond acceptors (Lipinski definition) is 7. The fourth-order valence-electron chi connectivity index (χ4n) is 3.32. The molecule has 1 heterocycles. The zero-order valence-corrected chi connectivity index (χ0v) is 20.2. The summed E-state index contributed by atoms with van der Waals surface area (Å²) in [7, 11) is 4.50. The molecule has 1 aliphatic heterocycles. The highest BCUT2D eigenvalue weighted by Gasteiger charge is 2.34. The van der Waals surface area contributed by atoms with E-state index in [0.29, 0.717) is 22.8 Å². The van der Waals surface area contributed by atoms with Gasteiger partial charge in [0.25, 0.3) is 11.1 Å². The normalized spacial score (nSPS) is 14.7. The van der Waals surface area contributed by atoms with Crippen LogP contribution in [0.4, 0.5) is 4.79 Å². The van der Waals surface area contributed by atoms with E-state index in [1.54, 1.807) is 24.3 Å². The van der Waals surface area contributed by atoms with Gasteiger partial charge < -0.3 is 19.5 Å². The van der Waals surface area contributed by atoms with E-state index < -0.39 is 11.1 Å². The predicted molar refractivity (Wildman–Crippen MR) is 132 cm³/mol. The first-order valence-corrected chi connectivity index (χ1v) is 11.3. The Morgan fingerprint density at radius 3 is 2.35 bits per heavy atom. The van der Waals surface area contributed by atoms with Gasteiger partial charge in [0, 0.05) is 19.2 Å². The van der Waals surface area contributed by atoms with Gasteiger partial charge in [-0.05, 0) is 59.7 Å². The van der Waals surface area contributed by atoms with Gasteiger partial charge in [0.15, 0.2) is 11.5 Å². The Balaban J connectivity index is 1.63. The van der Waals surface area contributed by atoms with Crippen molar-refractivity contribution in [2.45, 2.75) is 6.92 Å². The molecule has 0 saturated carbocycles. The number of nitrogens with zero attached hydrogens (tertiary/aromatic N) is 1. The molecule has 1 saturated heterocycles. The number of ether oxygens (including phenoxy) is 3. The van der Waals surface area contributed by atoms with E-state index in [1.807, 2.05) is 31.2 Å². The Bertz CT molecular complexity index is 1130. The molecule has 0 bridgehead atoms. The zero-order valence-electron chi connectivity index (χ0n) is 19.4. The van der Waals surface area contributed by atoms with Crippen LogP contribution in [-0.4, -0.2) is 56.4 Å². The minimum absolute atomic E-state index is 0.0706. The SMILES string of the molecule is COc1cc(/C=C2\SC(=O)N(CCNC(=O)/C=C/c3ccccc3C)C2=O)cc(OC)c1OC. The van der Waals surface area contributed by atoms with Crippen molar-refractivity contribution in [3.63, 3.8) is 0 Å². The van der Waals surface area contributed by atoms with Gasteiger partial charge in [0.2, 0.25) is 11.7 Å². The summed E-state index contributed by atoms with van der Waals surface area (Å²) in [6, 6.07) is 11.1. The van der Waals surface area contributed by atoms with Crippen LogP contribution in [0.3, 0.4) is 0 Å². The molecule has 1 fully saturated rings. The summed E-state index contributed by atoms with van der Waals surface area (Å²) >= 11 is 0.840. The highest BCUT2D eigenvalue weighted by Crippen LogP contribution is 2.40. The molecule has 2 aromatic carbocycles. The number of benzene rings is 2. The number of imide groups is 1. The lowest BCUT2D eigenvalue weighted by Crippen LogP contribution is -2.36. The van der Waals surface area contributed by atoms with Gasteiger partial charge in [-0.2, -0.15) is 0 Å². The van der Waals surface area contributed by atoms with Crippen LogP contribution in [0.15, 0.2) is 47.4 Å². The molecule has 0 unspecified atom stereocenters. The maximum absolute atomic E-state index is 12.8. The first kappa shape index (κ1) is 24.9. The van der Waals surface area contributed by atoms with E-state index in [-0.39, 0.29) is 23.9 Å². The van der Waals surface area contributed by atoms with Crippen LogP contribution in [0, 0.1) is 6.92 Å². The minimum atomic E-state index is -0.423. The molecule has 8 nitrogen and oxygen atoms in total. The number of aryl methyl sites for hydroxylation is 1. The largest absolute Gasteiger partial charge is 0.493 e. The zero-order chi connectivity index (χ0) is 24.7. The Hall–Kier alpha value is -3.72. The quantitative estimate of drug-likeness (QED) is 0.542. The van der Waals surface area contributed by atoms with E-state index in [2.05, 4.69) is 5.32 Å². The summed E-state index contributed by atoms with van der Waals surface area (Å²) in [5.41, 5.74) is 2.62. The number of hydrogen-bond donors (Lipinski definition) is 1. The molecule has 3 rings (SSSR count). The number of carbonyl (C=O) groups is 3. The molecular weight excluding hydrogens is 456 g/mol. The van der Waals surface area contributed by atoms with Gasteiger partial charge in [0.05, 0.1) is 26.2 Å². The molecule has 0 aromatic heterocycles. The van der Waals surface area contributed by atoms with Gasteiger partial charge in [-0.25, -0.2) is 0 Å². The fourth-order valence-corrected chi connectivity index (χ4v) is 4.18. The second-order valence-corrected chi connectivity index (χ2v) is 8.27. The van der Waals surface area contributed by atoms with Crippen molar-refractivity contribution >= 4 is 41.0 Å². The number of carbonyl (C=O) groups excluding carboxylic acids is 3. The Kier molecular flexibility index (Phi) is 8.37. The Labute approximate surface area is 202 Å². The molecule has 3 amide bonds. The Morgan fingerprint density at radius 1 is 1.06 bits per heavy atom. The van der Waals surface area contributed by atoms with Crippen molar-refractivity contribution in [3.8, 4) is 17.2 Å². The maximum Gasteiger partial charge on any atom is 0.293 e. The smallest absolute Gasteiger partial charge is 0.293 e. The van der Waals surface area contributed by atoms with Crippen molar-refractivity contribution in [1.29, 1.82) is 0 Å². The summed E-state index contributed by atoms with van der Waals surface area (Å²) in [5, 5.41) is 2.31. The maximum atomic E-state index is 12.8. The van der Waals surface area contributed by atoms with Gasteiger partial charge in [0.1, 0.15) is 0 Å². The molecule has 178 valence electrons. The number of rotatable bonds is 9.